The summed E-state index contributed by atoms with van der Waals surface area (Å²) in [6.07, 6.45) is 5.34. The van der Waals surface area contributed by atoms with Crippen LogP contribution in [0.15, 0.2) is 54.6 Å². The van der Waals surface area contributed by atoms with Gasteiger partial charge in [0.25, 0.3) is 5.91 Å². The van der Waals surface area contributed by atoms with Crippen LogP contribution in [0.4, 0.5) is 0 Å². The van der Waals surface area contributed by atoms with E-state index >= 15 is 0 Å². The number of carbonyl (C=O) groups is 2. The van der Waals surface area contributed by atoms with Gasteiger partial charge in [-0.05, 0) is 30.5 Å². The summed E-state index contributed by atoms with van der Waals surface area (Å²) < 4.78 is 26.6. The molecule has 1 aliphatic carbocycles. The van der Waals surface area contributed by atoms with Gasteiger partial charge in [0.1, 0.15) is 0 Å². The van der Waals surface area contributed by atoms with Gasteiger partial charge in [-0.15, -0.1) is 0 Å². The molecule has 3 N–H and O–H groups in total. The molecule has 0 radical (unpaired) electrons. The van der Waals surface area contributed by atoms with Crippen LogP contribution in [-0.4, -0.2) is 38.6 Å². The van der Waals surface area contributed by atoms with E-state index in [1.165, 1.54) is 0 Å². The standard InChI is InChI=1S/C24H30ClN3O4S/c1-33(31,32)28-24(14-8-3-9-15-24)17-26-22(29)16-21(18-10-4-2-5-11-18)27-23(30)19-12-6-7-13-20(19)25/h2,4-7,10-13,21,28H,3,8-9,14-17H2,1H3,(H,26,29)(H,27,30). The zero-order valence-electron chi connectivity index (χ0n) is 18.6. The molecule has 7 nitrogen and oxygen atoms in total. The molecule has 1 unspecified atom stereocenters. The largest absolute Gasteiger partial charge is 0.354 e. The van der Waals surface area contributed by atoms with Gasteiger partial charge in [-0.1, -0.05) is 73.3 Å². The van der Waals surface area contributed by atoms with Gasteiger partial charge < -0.3 is 10.6 Å². The SMILES string of the molecule is CS(=O)(=O)NC1(CNC(=O)CC(NC(=O)c2ccccc2Cl)c2ccccc2)CCCCC1. The van der Waals surface area contributed by atoms with E-state index in [0.717, 1.165) is 31.1 Å². The maximum absolute atomic E-state index is 12.9. The number of carbonyl (C=O) groups excluding carboxylic acids is 2. The van der Waals surface area contributed by atoms with E-state index in [9.17, 15) is 18.0 Å². The Morgan fingerprint density at radius 3 is 2.27 bits per heavy atom. The molecule has 2 aromatic rings. The van der Waals surface area contributed by atoms with Crippen LogP contribution in [0.5, 0.6) is 0 Å². The van der Waals surface area contributed by atoms with Crippen LogP contribution >= 0.6 is 11.6 Å². The highest BCUT2D eigenvalue weighted by Crippen LogP contribution is 2.28. The molecule has 33 heavy (non-hydrogen) atoms. The Hall–Kier alpha value is -2.42. The van der Waals surface area contributed by atoms with E-state index in [-0.39, 0.29) is 24.8 Å². The van der Waals surface area contributed by atoms with Crippen molar-refractivity contribution < 1.29 is 18.0 Å². The average molecular weight is 492 g/mol. The van der Waals surface area contributed by atoms with Crippen molar-refractivity contribution in [1.29, 1.82) is 0 Å². The number of halogens is 1. The normalized spacial score (nSPS) is 16.5. The van der Waals surface area contributed by atoms with Crippen molar-refractivity contribution in [2.24, 2.45) is 0 Å². The van der Waals surface area contributed by atoms with E-state index in [0.29, 0.717) is 23.4 Å². The maximum atomic E-state index is 12.9. The van der Waals surface area contributed by atoms with E-state index in [4.69, 9.17) is 11.6 Å². The van der Waals surface area contributed by atoms with Crippen LogP contribution in [-0.2, 0) is 14.8 Å². The quantitative estimate of drug-likeness (QED) is 0.498. The molecule has 1 aliphatic rings. The molecule has 178 valence electrons. The fourth-order valence-corrected chi connectivity index (χ4v) is 5.57. The first-order valence-electron chi connectivity index (χ1n) is 11.0. The Balaban J connectivity index is 1.71. The number of benzene rings is 2. The summed E-state index contributed by atoms with van der Waals surface area (Å²) in [6, 6.07) is 15.4. The lowest BCUT2D eigenvalue weighted by Gasteiger charge is -2.37. The van der Waals surface area contributed by atoms with Crippen LogP contribution in [0.3, 0.4) is 0 Å². The van der Waals surface area contributed by atoms with Crippen LogP contribution in [0.25, 0.3) is 0 Å². The van der Waals surface area contributed by atoms with Crippen LogP contribution < -0.4 is 15.4 Å². The number of sulfonamides is 1. The molecule has 2 amide bonds. The molecule has 9 heteroatoms. The first-order chi connectivity index (χ1) is 15.7. The van der Waals surface area contributed by atoms with Gasteiger partial charge in [0.2, 0.25) is 15.9 Å². The van der Waals surface area contributed by atoms with Crippen LogP contribution in [0, 0.1) is 0 Å². The summed E-state index contributed by atoms with van der Waals surface area (Å²) in [5, 5.41) is 6.14. The number of nitrogens with one attached hydrogen (secondary N) is 3. The molecular weight excluding hydrogens is 462 g/mol. The van der Waals surface area contributed by atoms with E-state index in [1.807, 2.05) is 30.3 Å². The van der Waals surface area contributed by atoms with Crippen LogP contribution in [0.1, 0.15) is 60.5 Å². The lowest BCUT2D eigenvalue weighted by molar-refractivity contribution is -0.121. The topological polar surface area (TPSA) is 104 Å². The molecule has 1 atom stereocenters. The highest BCUT2D eigenvalue weighted by molar-refractivity contribution is 7.88. The highest BCUT2D eigenvalue weighted by Gasteiger charge is 2.35. The Morgan fingerprint density at radius 1 is 1.00 bits per heavy atom. The lowest BCUT2D eigenvalue weighted by Crippen LogP contribution is -2.56. The zero-order valence-corrected chi connectivity index (χ0v) is 20.2. The predicted molar refractivity (Wildman–Crippen MR) is 130 cm³/mol. The summed E-state index contributed by atoms with van der Waals surface area (Å²) in [5.74, 6) is -0.645. The first-order valence-corrected chi connectivity index (χ1v) is 13.3. The van der Waals surface area contributed by atoms with Gasteiger partial charge in [0.15, 0.2) is 0 Å². The Labute approximate surface area is 200 Å². The van der Waals surface area contributed by atoms with Gasteiger partial charge in [0, 0.05) is 6.54 Å². The third-order valence-corrected chi connectivity index (χ3v) is 6.99. The van der Waals surface area contributed by atoms with E-state index in [1.54, 1.807) is 24.3 Å². The molecule has 3 rings (SSSR count). The van der Waals surface area contributed by atoms with Crippen LogP contribution in [0.2, 0.25) is 5.02 Å². The second kappa shape index (κ2) is 11.1. The fourth-order valence-electron chi connectivity index (χ4n) is 4.28. The average Bonchev–Trinajstić information content (AvgIpc) is 2.78. The summed E-state index contributed by atoms with van der Waals surface area (Å²) in [5.41, 5.74) is 0.443. The van der Waals surface area contributed by atoms with Gasteiger partial charge in [-0.3, -0.25) is 9.59 Å². The number of amides is 2. The van der Waals surface area contributed by atoms with Gasteiger partial charge in [0.05, 0.1) is 34.8 Å². The van der Waals surface area contributed by atoms with Gasteiger partial charge >= 0.3 is 0 Å². The third kappa shape index (κ3) is 7.55. The summed E-state index contributed by atoms with van der Waals surface area (Å²) in [4.78, 5) is 25.7. The molecule has 0 heterocycles. The zero-order chi connectivity index (χ0) is 23.9. The number of hydrogen-bond donors (Lipinski definition) is 3. The van der Waals surface area contributed by atoms with Gasteiger partial charge in [-0.25, -0.2) is 13.1 Å². The fraction of sp³-hybridized carbons (Fsp3) is 0.417. The monoisotopic (exact) mass is 491 g/mol. The second-order valence-electron chi connectivity index (χ2n) is 8.61. The minimum Gasteiger partial charge on any atom is -0.354 e. The first kappa shape index (κ1) is 25.2. The van der Waals surface area contributed by atoms with Crippen molar-refractivity contribution in [2.45, 2.75) is 50.1 Å². The van der Waals surface area contributed by atoms with Crippen molar-refractivity contribution in [3.05, 3.63) is 70.7 Å². The molecule has 0 spiro atoms. The molecule has 1 fully saturated rings. The molecule has 0 aromatic heterocycles. The second-order valence-corrected chi connectivity index (χ2v) is 10.8. The Morgan fingerprint density at radius 2 is 1.64 bits per heavy atom. The summed E-state index contributed by atoms with van der Waals surface area (Å²) >= 11 is 6.16. The van der Waals surface area contributed by atoms with Crippen molar-refractivity contribution in [3.63, 3.8) is 0 Å². The van der Waals surface area contributed by atoms with Crippen molar-refractivity contribution in [1.82, 2.24) is 15.4 Å². The van der Waals surface area contributed by atoms with E-state index < -0.39 is 21.6 Å². The molecule has 1 saturated carbocycles. The summed E-state index contributed by atoms with van der Waals surface area (Å²) in [7, 11) is -3.42. The predicted octanol–water partition coefficient (Wildman–Crippen LogP) is 3.57. The molecular formula is C24H30ClN3O4S. The minimum atomic E-state index is -3.42. The maximum Gasteiger partial charge on any atom is 0.253 e. The molecule has 0 bridgehead atoms. The highest BCUT2D eigenvalue weighted by atomic mass is 35.5. The van der Waals surface area contributed by atoms with Crippen molar-refractivity contribution in [3.8, 4) is 0 Å². The number of hydrogen-bond acceptors (Lipinski definition) is 4. The molecule has 0 aliphatic heterocycles. The molecule has 0 saturated heterocycles. The van der Waals surface area contributed by atoms with Crippen molar-refractivity contribution >= 4 is 33.4 Å². The van der Waals surface area contributed by atoms with Crippen molar-refractivity contribution in [2.75, 3.05) is 12.8 Å². The smallest absolute Gasteiger partial charge is 0.253 e. The van der Waals surface area contributed by atoms with E-state index in [2.05, 4.69) is 15.4 Å². The third-order valence-electron chi connectivity index (χ3n) is 5.85. The lowest BCUT2D eigenvalue weighted by atomic mass is 9.82. The number of rotatable bonds is 9. The Bertz CT molecular complexity index is 1070. The van der Waals surface area contributed by atoms with Gasteiger partial charge in [-0.2, -0.15) is 0 Å². The molecule has 2 aromatic carbocycles. The summed E-state index contributed by atoms with van der Waals surface area (Å²) in [6.45, 7) is 0.207. The minimum absolute atomic E-state index is 0.00909. The Kier molecular flexibility index (Phi) is 8.51.